The number of allylic oxidation sites excluding steroid dienone is 5. The molecule has 0 atom stereocenters. The van der Waals surface area contributed by atoms with E-state index in [1.54, 1.807) is 0 Å². The summed E-state index contributed by atoms with van der Waals surface area (Å²) in [5.41, 5.74) is 14.9. The molecule has 0 radical (unpaired) electrons. The Bertz CT molecular complexity index is 2370. The highest BCUT2D eigenvalue weighted by molar-refractivity contribution is 6.09. The van der Waals surface area contributed by atoms with Crippen molar-refractivity contribution >= 4 is 44.6 Å². The standard InChI is InChI=1S/C46H37NO/c1-5-6-18-42-31(2)38-29-28-37(30-43(38)46(42,3)4)47(35-24-20-33(21-25-35)32-13-8-7-9-14-32)36-26-22-34(23-27-36)39-16-12-17-41-40-15-10-11-19-44(40)48-45(39)41/h5-30H,1H2,2-4H3/b18-6-. The summed E-state index contributed by atoms with van der Waals surface area (Å²) in [4.78, 5) is 2.36. The molecule has 1 aliphatic rings. The van der Waals surface area contributed by atoms with Crippen molar-refractivity contribution in [3.63, 3.8) is 0 Å². The van der Waals surface area contributed by atoms with Crippen molar-refractivity contribution in [3.05, 3.63) is 181 Å². The van der Waals surface area contributed by atoms with Gasteiger partial charge < -0.3 is 9.32 Å². The highest BCUT2D eigenvalue weighted by Gasteiger charge is 2.35. The molecule has 232 valence electrons. The molecule has 1 aromatic heterocycles. The first-order valence-electron chi connectivity index (χ1n) is 16.6. The molecule has 0 unspecified atom stereocenters. The van der Waals surface area contributed by atoms with Gasteiger partial charge in [0.2, 0.25) is 0 Å². The van der Waals surface area contributed by atoms with Crippen LogP contribution in [0.5, 0.6) is 0 Å². The second-order valence-corrected chi connectivity index (χ2v) is 13.1. The molecule has 0 fully saturated rings. The number of nitrogens with zero attached hydrogens (tertiary/aromatic N) is 1. The molecule has 0 bridgehead atoms. The summed E-state index contributed by atoms with van der Waals surface area (Å²) in [5, 5.41) is 2.28. The van der Waals surface area contributed by atoms with Gasteiger partial charge in [0.05, 0.1) is 0 Å². The molecular weight excluding hydrogens is 583 g/mol. The third kappa shape index (κ3) is 4.89. The summed E-state index contributed by atoms with van der Waals surface area (Å²) in [5.74, 6) is 0. The van der Waals surface area contributed by atoms with E-state index in [2.05, 4.69) is 166 Å². The van der Waals surface area contributed by atoms with Crippen molar-refractivity contribution in [1.29, 1.82) is 0 Å². The van der Waals surface area contributed by atoms with Crippen LogP contribution in [0.1, 0.15) is 31.9 Å². The predicted molar refractivity (Wildman–Crippen MR) is 204 cm³/mol. The van der Waals surface area contributed by atoms with Crippen molar-refractivity contribution < 1.29 is 4.42 Å². The summed E-state index contributed by atoms with van der Waals surface area (Å²) in [6.45, 7) is 10.8. The maximum atomic E-state index is 6.38. The molecule has 0 spiro atoms. The Morgan fingerprint density at radius 3 is 1.96 bits per heavy atom. The lowest BCUT2D eigenvalue weighted by Crippen LogP contribution is -2.17. The smallest absolute Gasteiger partial charge is 0.143 e. The van der Waals surface area contributed by atoms with Crippen LogP contribution in [0.4, 0.5) is 17.1 Å². The number of rotatable bonds is 7. The van der Waals surface area contributed by atoms with E-state index in [1.807, 2.05) is 24.3 Å². The molecule has 7 aromatic rings. The minimum atomic E-state index is -0.132. The molecule has 1 heterocycles. The van der Waals surface area contributed by atoms with E-state index >= 15 is 0 Å². The topological polar surface area (TPSA) is 16.4 Å². The van der Waals surface area contributed by atoms with Crippen LogP contribution in [0.3, 0.4) is 0 Å². The molecule has 8 rings (SSSR count). The molecule has 48 heavy (non-hydrogen) atoms. The first-order valence-corrected chi connectivity index (χ1v) is 16.6. The van der Waals surface area contributed by atoms with Gasteiger partial charge in [-0.15, -0.1) is 0 Å². The SMILES string of the molecule is C=C/C=C\C1=C(C)c2ccc(N(c3ccc(-c4ccccc4)cc3)c3ccc(-c4cccc5c4oc4ccccc45)cc3)cc2C1(C)C. The van der Waals surface area contributed by atoms with Crippen molar-refractivity contribution in [3.8, 4) is 22.3 Å². The molecule has 2 heteroatoms. The second-order valence-electron chi connectivity index (χ2n) is 13.1. The summed E-state index contributed by atoms with van der Waals surface area (Å²) in [6, 6.07) is 49.9. The Hall–Kier alpha value is -5.86. The lowest BCUT2D eigenvalue weighted by molar-refractivity contribution is 0.654. The van der Waals surface area contributed by atoms with Gasteiger partial charge >= 0.3 is 0 Å². The summed E-state index contributed by atoms with van der Waals surface area (Å²) in [6.07, 6.45) is 6.11. The summed E-state index contributed by atoms with van der Waals surface area (Å²) in [7, 11) is 0. The monoisotopic (exact) mass is 619 g/mol. The van der Waals surface area contributed by atoms with Gasteiger partial charge in [0.25, 0.3) is 0 Å². The van der Waals surface area contributed by atoms with Gasteiger partial charge in [-0.25, -0.2) is 0 Å². The molecule has 0 N–H and O–H groups in total. The zero-order chi connectivity index (χ0) is 32.8. The van der Waals surface area contributed by atoms with E-state index in [-0.39, 0.29) is 5.41 Å². The minimum absolute atomic E-state index is 0.132. The number of hydrogen-bond acceptors (Lipinski definition) is 2. The van der Waals surface area contributed by atoms with Crippen LogP contribution in [-0.4, -0.2) is 0 Å². The molecular formula is C46H37NO. The van der Waals surface area contributed by atoms with Crippen molar-refractivity contribution in [2.45, 2.75) is 26.2 Å². The zero-order valence-corrected chi connectivity index (χ0v) is 27.6. The Morgan fingerprint density at radius 1 is 0.604 bits per heavy atom. The van der Waals surface area contributed by atoms with Crippen LogP contribution < -0.4 is 4.90 Å². The zero-order valence-electron chi connectivity index (χ0n) is 27.6. The number of fused-ring (bicyclic) bond motifs is 4. The van der Waals surface area contributed by atoms with Crippen LogP contribution in [0.2, 0.25) is 0 Å². The Morgan fingerprint density at radius 2 is 1.23 bits per heavy atom. The van der Waals surface area contributed by atoms with Gasteiger partial charge in [-0.1, -0.05) is 136 Å². The number of para-hydroxylation sites is 2. The van der Waals surface area contributed by atoms with E-state index in [0.717, 1.165) is 50.1 Å². The summed E-state index contributed by atoms with van der Waals surface area (Å²) < 4.78 is 6.38. The number of benzene rings is 6. The van der Waals surface area contributed by atoms with E-state index in [9.17, 15) is 0 Å². The van der Waals surface area contributed by atoms with Crippen LogP contribution in [0, 0.1) is 0 Å². The van der Waals surface area contributed by atoms with Crippen molar-refractivity contribution in [1.82, 2.24) is 0 Å². The first-order chi connectivity index (χ1) is 23.4. The first kappa shape index (κ1) is 29.5. The van der Waals surface area contributed by atoms with Crippen LogP contribution in [0.15, 0.2) is 174 Å². The number of anilines is 3. The van der Waals surface area contributed by atoms with E-state index in [4.69, 9.17) is 4.42 Å². The Balaban J connectivity index is 1.23. The van der Waals surface area contributed by atoms with E-state index in [1.165, 1.54) is 33.4 Å². The van der Waals surface area contributed by atoms with Crippen molar-refractivity contribution in [2.75, 3.05) is 4.90 Å². The largest absolute Gasteiger partial charge is 0.455 e. The molecule has 0 saturated heterocycles. The van der Waals surface area contributed by atoms with Gasteiger partial charge in [-0.05, 0) is 88.4 Å². The second kappa shape index (κ2) is 11.7. The molecule has 1 aliphatic carbocycles. The molecule has 2 nitrogen and oxygen atoms in total. The predicted octanol–water partition coefficient (Wildman–Crippen LogP) is 13.2. The average Bonchev–Trinajstić information content (AvgIpc) is 3.60. The fourth-order valence-electron chi connectivity index (χ4n) is 7.42. The highest BCUT2D eigenvalue weighted by atomic mass is 16.3. The van der Waals surface area contributed by atoms with Crippen LogP contribution in [0.25, 0.3) is 49.8 Å². The molecule has 0 saturated carbocycles. The normalized spacial score (nSPS) is 13.8. The Labute approximate surface area is 282 Å². The lowest BCUT2D eigenvalue weighted by Gasteiger charge is -2.29. The van der Waals surface area contributed by atoms with Crippen LogP contribution >= 0.6 is 0 Å². The number of furan rings is 1. The molecule has 0 aliphatic heterocycles. The minimum Gasteiger partial charge on any atom is -0.455 e. The Kier molecular flexibility index (Phi) is 7.22. The maximum Gasteiger partial charge on any atom is 0.143 e. The third-order valence-electron chi connectivity index (χ3n) is 9.89. The van der Waals surface area contributed by atoms with E-state index < -0.39 is 0 Å². The van der Waals surface area contributed by atoms with Gasteiger partial charge in [-0.2, -0.15) is 0 Å². The molecule has 6 aromatic carbocycles. The average molecular weight is 620 g/mol. The fourth-order valence-corrected chi connectivity index (χ4v) is 7.42. The summed E-state index contributed by atoms with van der Waals surface area (Å²) >= 11 is 0. The third-order valence-corrected chi connectivity index (χ3v) is 9.89. The quantitative estimate of drug-likeness (QED) is 0.165. The van der Waals surface area contributed by atoms with Gasteiger partial charge in [0.1, 0.15) is 11.2 Å². The van der Waals surface area contributed by atoms with Crippen LogP contribution in [-0.2, 0) is 5.41 Å². The number of hydrogen-bond donors (Lipinski definition) is 0. The van der Waals surface area contributed by atoms with Crippen molar-refractivity contribution in [2.24, 2.45) is 0 Å². The highest BCUT2D eigenvalue weighted by Crippen LogP contribution is 2.49. The fraction of sp³-hybridized carbons (Fsp3) is 0.0870. The van der Waals surface area contributed by atoms with Gasteiger partial charge in [-0.3, -0.25) is 0 Å². The molecule has 0 amide bonds. The maximum absolute atomic E-state index is 6.38. The van der Waals surface area contributed by atoms with E-state index in [0.29, 0.717) is 0 Å². The lowest BCUT2D eigenvalue weighted by atomic mass is 9.80. The van der Waals surface area contributed by atoms with Gasteiger partial charge in [0.15, 0.2) is 0 Å². The van der Waals surface area contributed by atoms with Gasteiger partial charge in [0, 0.05) is 38.8 Å².